The highest BCUT2D eigenvalue weighted by molar-refractivity contribution is 6.30. The first-order valence-electron chi connectivity index (χ1n) is 8.86. The SMILES string of the molecule is CCCCCNC(=O)COC(=O)c1ccccc1C(=O)c1ccc(Cl)cc1. The molecule has 2 rings (SSSR count). The van der Waals surface area contributed by atoms with Crippen LogP contribution in [0.15, 0.2) is 48.5 Å². The molecule has 2 aromatic rings. The van der Waals surface area contributed by atoms with Crippen LogP contribution < -0.4 is 5.32 Å². The van der Waals surface area contributed by atoms with Gasteiger partial charge in [0.2, 0.25) is 0 Å². The van der Waals surface area contributed by atoms with Crippen LogP contribution in [-0.4, -0.2) is 30.8 Å². The van der Waals surface area contributed by atoms with E-state index in [0.717, 1.165) is 19.3 Å². The lowest BCUT2D eigenvalue weighted by molar-refractivity contribution is -0.124. The zero-order chi connectivity index (χ0) is 19.6. The molecule has 0 aromatic heterocycles. The first kappa shape index (κ1) is 20.6. The van der Waals surface area contributed by atoms with Crippen LogP contribution in [0.1, 0.15) is 52.5 Å². The quantitative estimate of drug-likeness (QED) is 0.400. The Balaban J connectivity index is 2.02. The normalized spacial score (nSPS) is 10.3. The number of carbonyl (C=O) groups excluding carboxylic acids is 3. The smallest absolute Gasteiger partial charge is 0.339 e. The average molecular weight is 388 g/mol. The van der Waals surface area contributed by atoms with Gasteiger partial charge in [-0.2, -0.15) is 0 Å². The Bertz CT molecular complexity index is 802. The van der Waals surface area contributed by atoms with Crippen LogP contribution in [0.2, 0.25) is 5.02 Å². The van der Waals surface area contributed by atoms with E-state index in [4.69, 9.17) is 16.3 Å². The summed E-state index contributed by atoms with van der Waals surface area (Å²) in [6.45, 7) is 2.25. The van der Waals surface area contributed by atoms with Crippen LogP contribution >= 0.6 is 11.6 Å². The standard InChI is InChI=1S/C21H22ClNO4/c1-2-3-6-13-23-19(24)14-27-21(26)18-8-5-4-7-17(18)20(25)15-9-11-16(22)12-10-15/h4-5,7-12H,2-3,6,13-14H2,1H3,(H,23,24). The minimum Gasteiger partial charge on any atom is -0.452 e. The van der Waals surface area contributed by atoms with Gasteiger partial charge in [0.25, 0.3) is 5.91 Å². The zero-order valence-electron chi connectivity index (χ0n) is 15.2. The number of rotatable bonds is 9. The maximum Gasteiger partial charge on any atom is 0.339 e. The summed E-state index contributed by atoms with van der Waals surface area (Å²) in [4.78, 5) is 36.8. The van der Waals surface area contributed by atoms with Crippen molar-refractivity contribution in [3.63, 3.8) is 0 Å². The molecule has 0 heterocycles. The van der Waals surface area contributed by atoms with E-state index in [2.05, 4.69) is 12.2 Å². The fourth-order valence-electron chi connectivity index (χ4n) is 2.48. The van der Waals surface area contributed by atoms with Crippen LogP contribution in [0.4, 0.5) is 0 Å². The van der Waals surface area contributed by atoms with Crippen molar-refractivity contribution >= 4 is 29.3 Å². The number of carbonyl (C=O) groups is 3. The van der Waals surface area contributed by atoms with Gasteiger partial charge >= 0.3 is 5.97 Å². The number of amides is 1. The number of halogens is 1. The van der Waals surface area contributed by atoms with E-state index in [1.54, 1.807) is 42.5 Å². The van der Waals surface area contributed by atoms with Crippen molar-refractivity contribution in [2.75, 3.05) is 13.2 Å². The number of ketones is 1. The van der Waals surface area contributed by atoms with Crippen LogP contribution in [0.5, 0.6) is 0 Å². The summed E-state index contributed by atoms with van der Waals surface area (Å²) < 4.78 is 5.07. The van der Waals surface area contributed by atoms with Gasteiger partial charge in [0.05, 0.1) is 5.56 Å². The predicted molar refractivity (Wildman–Crippen MR) is 104 cm³/mol. The first-order chi connectivity index (χ1) is 13.0. The second-order valence-corrected chi connectivity index (χ2v) is 6.45. The van der Waals surface area contributed by atoms with E-state index in [-0.39, 0.29) is 29.4 Å². The minimum absolute atomic E-state index is 0.122. The third-order valence-electron chi connectivity index (χ3n) is 3.93. The third-order valence-corrected chi connectivity index (χ3v) is 4.19. The third kappa shape index (κ3) is 6.22. The molecule has 0 aliphatic heterocycles. The van der Waals surface area contributed by atoms with Gasteiger partial charge in [-0.15, -0.1) is 0 Å². The number of ether oxygens (including phenoxy) is 1. The maximum absolute atomic E-state index is 12.7. The monoisotopic (exact) mass is 387 g/mol. The van der Waals surface area contributed by atoms with Crippen LogP contribution in [0.25, 0.3) is 0 Å². The minimum atomic E-state index is -0.711. The summed E-state index contributed by atoms with van der Waals surface area (Å²) in [7, 11) is 0. The second kappa shape index (κ2) is 10.5. The molecular formula is C21H22ClNO4. The molecule has 142 valence electrons. The Labute approximate surface area is 163 Å². The highest BCUT2D eigenvalue weighted by atomic mass is 35.5. The van der Waals surface area contributed by atoms with E-state index in [1.807, 2.05) is 0 Å². The molecule has 0 aliphatic rings. The number of benzene rings is 2. The van der Waals surface area contributed by atoms with Gasteiger partial charge in [0, 0.05) is 22.7 Å². The fourth-order valence-corrected chi connectivity index (χ4v) is 2.60. The van der Waals surface area contributed by atoms with Gasteiger partial charge < -0.3 is 10.1 Å². The van der Waals surface area contributed by atoms with Gasteiger partial charge in [-0.05, 0) is 36.8 Å². The van der Waals surface area contributed by atoms with Crippen molar-refractivity contribution in [1.29, 1.82) is 0 Å². The molecule has 0 aliphatic carbocycles. The van der Waals surface area contributed by atoms with E-state index >= 15 is 0 Å². The molecule has 1 amide bonds. The van der Waals surface area contributed by atoms with Crippen molar-refractivity contribution in [3.05, 3.63) is 70.2 Å². The lowest BCUT2D eigenvalue weighted by atomic mass is 9.98. The Morgan fingerprint density at radius 3 is 2.30 bits per heavy atom. The maximum atomic E-state index is 12.7. The molecule has 0 saturated carbocycles. The van der Waals surface area contributed by atoms with Crippen molar-refractivity contribution in [2.24, 2.45) is 0 Å². The molecule has 0 spiro atoms. The Kier molecular flexibility index (Phi) is 8.01. The topological polar surface area (TPSA) is 72.5 Å². The number of unbranched alkanes of at least 4 members (excludes halogenated alkanes) is 2. The lowest BCUT2D eigenvalue weighted by Gasteiger charge is -2.09. The number of esters is 1. The van der Waals surface area contributed by atoms with Crippen molar-refractivity contribution in [2.45, 2.75) is 26.2 Å². The summed E-state index contributed by atoms with van der Waals surface area (Å²) in [5.74, 6) is -1.39. The van der Waals surface area contributed by atoms with E-state index in [0.29, 0.717) is 17.1 Å². The Hall–Kier alpha value is -2.66. The van der Waals surface area contributed by atoms with E-state index in [1.165, 1.54) is 6.07 Å². The van der Waals surface area contributed by atoms with Crippen LogP contribution in [0, 0.1) is 0 Å². The van der Waals surface area contributed by atoms with Gasteiger partial charge in [0.1, 0.15) is 0 Å². The first-order valence-corrected chi connectivity index (χ1v) is 9.24. The Morgan fingerprint density at radius 1 is 0.963 bits per heavy atom. The van der Waals surface area contributed by atoms with Crippen molar-refractivity contribution in [1.82, 2.24) is 5.32 Å². The summed E-state index contributed by atoms with van der Waals surface area (Å²) in [6.07, 6.45) is 2.97. The predicted octanol–water partition coefficient (Wildman–Crippen LogP) is 4.03. The molecule has 27 heavy (non-hydrogen) atoms. The molecular weight excluding hydrogens is 366 g/mol. The molecule has 0 radical (unpaired) electrons. The number of hydrogen-bond donors (Lipinski definition) is 1. The highest BCUT2D eigenvalue weighted by Crippen LogP contribution is 2.17. The fraction of sp³-hybridized carbons (Fsp3) is 0.286. The Morgan fingerprint density at radius 2 is 1.63 bits per heavy atom. The summed E-state index contributed by atoms with van der Waals surface area (Å²) in [6, 6.07) is 12.8. The van der Waals surface area contributed by atoms with E-state index in [9.17, 15) is 14.4 Å². The van der Waals surface area contributed by atoms with Crippen LogP contribution in [0.3, 0.4) is 0 Å². The molecule has 0 atom stereocenters. The van der Waals surface area contributed by atoms with Crippen molar-refractivity contribution in [3.8, 4) is 0 Å². The molecule has 5 nitrogen and oxygen atoms in total. The molecule has 6 heteroatoms. The molecule has 0 fully saturated rings. The molecule has 0 unspecified atom stereocenters. The molecule has 0 saturated heterocycles. The summed E-state index contributed by atoms with van der Waals surface area (Å²) >= 11 is 5.85. The van der Waals surface area contributed by atoms with E-state index < -0.39 is 5.97 Å². The lowest BCUT2D eigenvalue weighted by Crippen LogP contribution is -2.29. The van der Waals surface area contributed by atoms with Gasteiger partial charge in [-0.3, -0.25) is 9.59 Å². The highest BCUT2D eigenvalue weighted by Gasteiger charge is 2.19. The summed E-state index contributed by atoms with van der Waals surface area (Å²) in [5, 5.41) is 3.21. The molecule has 2 aromatic carbocycles. The number of nitrogens with one attached hydrogen (secondary N) is 1. The second-order valence-electron chi connectivity index (χ2n) is 6.01. The van der Waals surface area contributed by atoms with Gasteiger partial charge in [-0.1, -0.05) is 49.6 Å². The van der Waals surface area contributed by atoms with Crippen molar-refractivity contribution < 1.29 is 19.1 Å². The van der Waals surface area contributed by atoms with Gasteiger partial charge in [-0.25, -0.2) is 4.79 Å². The van der Waals surface area contributed by atoms with Gasteiger partial charge in [0.15, 0.2) is 12.4 Å². The molecule has 1 N–H and O–H groups in total. The molecule has 0 bridgehead atoms. The average Bonchev–Trinajstić information content (AvgIpc) is 2.69. The largest absolute Gasteiger partial charge is 0.452 e. The summed E-state index contributed by atoms with van der Waals surface area (Å²) in [5.41, 5.74) is 0.748. The zero-order valence-corrected chi connectivity index (χ0v) is 15.9. The number of hydrogen-bond acceptors (Lipinski definition) is 4. The van der Waals surface area contributed by atoms with Crippen LogP contribution in [-0.2, 0) is 9.53 Å².